The molecular weight excluding hydrogens is 421 g/mol. The molecule has 0 unspecified atom stereocenters. The maximum absolute atomic E-state index is 13.5. The van der Waals surface area contributed by atoms with Crippen molar-refractivity contribution >= 4 is 28.6 Å². The van der Waals surface area contributed by atoms with Crippen molar-refractivity contribution in [2.75, 3.05) is 0 Å². The van der Waals surface area contributed by atoms with Crippen molar-refractivity contribution < 1.29 is 23.1 Å². The molecular formula is C20H12ClF3N4O2. The number of carboxylic acid groups (broad SMARTS) is 1. The minimum absolute atomic E-state index is 0.00530. The molecule has 0 aliphatic rings. The lowest BCUT2D eigenvalue weighted by Crippen LogP contribution is -2.10. The van der Waals surface area contributed by atoms with Gasteiger partial charge in [0, 0.05) is 29.2 Å². The van der Waals surface area contributed by atoms with Gasteiger partial charge in [-0.15, -0.1) is 0 Å². The van der Waals surface area contributed by atoms with E-state index < -0.39 is 17.7 Å². The molecule has 1 N–H and O–H groups in total. The van der Waals surface area contributed by atoms with Crippen LogP contribution in [-0.2, 0) is 12.6 Å². The summed E-state index contributed by atoms with van der Waals surface area (Å²) in [6.07, 6.45) is -2.04. The van der Waals surface area contributed by atoms with Crippen molar-refractivity contribution in [3.63, 3.8) is 0 Å². The van der Waals surface area contributed by atoms with Gasteiger partial charge >= 0.3 is 12.1 Å². The van der Waals surface area contributed by atoms with E-state index in [1.54, 1.807) is 12.1 Å². The smallest absolute Gasteiger partial charge is 0.416 e. The summed E-state index contributed by atoms with van der Waals surface area (Å²) in [5, 5.41) is 14.0. The maximum Gasteiger partial charge on any atom is 0.416 e. The number of alkyl halides is 3. The highest BCUT2D eigenvalue weighted by Crippen LogP contribution is 2.36. The Hall–Kier alpha value is -3.46. The minimum atomic E-state index is -4.56. The molecule has 0 aliphatic heterocycles. The van der Waals surface area contributed by atoms with Crippen LogP contribution in [0, 0.1) is 0 Å². The Kier molecular flexibility index (Phi) is 4.90. The van der Waals surface area contributed by atoms with Gasteiger partial charge in [0.1, 0.15) is 0 Å². The molecule has 4 rings (SSSR count). The van der Waals surface area contributed by atoms with Gasteiger partial charge < -0.3 is 5.11 Å². The van der Waals surface area contributed by atoms with Crippen LogP contribution in [0.15, 0.2) is 54.9 Å². The van der Waals surface area contributed by atoms with Gasteiger partial charge in [-0.25, -0.2) is 14.8 Å². The van der Waals surface area contributed by atoms with E-state index >= 15 is 0 Å². The van der Waals surface area contributed by atoms with Crippen molar-refractivity contribution in [3.8, 4) is 5.82 Å². The monoisotopic (exact) mass is 432 g/mol. The summed E-state index contributed by atoms with van der Waals surface area (Å²) >= 11 is 6.09. The number of fused-ring (bicyclic) bond motifs is 1. The highest BCUT2D eigenvalue weighted by Gasteiger charge is 2.34. The molecule has 10 heteroatoms. The van der Waals surface area contributed by atoms with Crippen LogP contribution in [0.2, 0.25) is 5.02 Å². The van der Waals surface area contributed by atoms with Crippen molar-refractivity contribution in [2.24, 2.45) is 0 Å². The van der Waals surface area contributed by atoms with Crippen LogP contribution in [0.5, 0.6) is 0 Å². The average Bonchev–Trinajstić information content (AvgIpc) is 3.07. The first-order valence-corrected chi connectivity index (χ1v) is 9.00. The lowest BCUT2D eigenvalue weighted by molar-refractivity contribution is -0.138. The zero-order chi connectivity index (χ0) is 21.5. The molecule has 0 amide bonds. The van der Waals surface area contributed by atoms with Crippen molar-refractivity contribution in [1.82, 2.24) is 19.7 Å². The molecule has 0 aliphatic carbocycles. The first kappa shape index (κ1) is 19.8. The lowest BCUT2D eigenvalue weighted by Gasteiger charge is -2.13. The molecule has 0 radical (unpaired) electrons. The number of hydrogen-bond donors (Lipinski definition) is 1. The molecule has 1 aromatic carbocycles. The Morgan fingerprint density at radius 2 is 1.90 bits per heavy atom. The third-order valence-corrected chi connectivity index (χ3v) is 4.85. The van der Waals surface area contributed by atoms with Gasteiger partial charge in [-0.1, -0.05) is 17.7 Å². The zero-order valence-corrected chi connectivity index (χ0v) is 15.8. The number of halogens is 4. The van der Waals surface area contributed by atoms with E-state index in [-0.39, 0.29) is 28.4 Å². The van der Waals surface area contributed by atoms with Crippen LogP contribution in [-0.4, -0.2) is 30.8 Å². The van der Waals surface area contributed by atoms with Gasteiger partial charge in [0.15, 0.2) is 11.5 Å². The summed E-state index contributed by atoms with van der Waals surface area (Å²) < 4.78 is 41.8. The second-order valence-corrected chi connectivity index (χ2v) is 6.79. The Morgan fingerprint density at radius 3 is 2.57 bits per heavy atom. The van der Waals surface area contributed by atoms with Crippen LogP contribution in [0.1, 0.15) is 27.2 Å². The average molecular weight is 433 g/mol. The standard InChI is InChI=1S/C20H12ClF3N4O2/c21-15-5-1-4-14(20(22,23)24)13(15)9-16-12-3-2-8-25-18(12)28(27-16)17-7-6-11(10-26-17)19(29)30/h1-8,10H,9H2,(H,29,30). The van der Waals surface area contributed by atoms with Crippen molar-refractivity contribution in [3.05, 3.63) is 82.3 Å². The lowest BCUT2D eigenvalue weighted by atomic mass is 10.0. The van der Waals surface area contributed by atoms with Crippen molar-refractivity contribution in [2.45, 2.75) is 12.6 Å². The largest absolute Gasteiger partial charge is 0.478 e. The van der Waals surface area contributed by atoms with Gasteiger partial charge in [-0.3, -0.25) is 0 Å². The highest BCUT2D eigenvalue weighted by molar-refractivity contribution is 6.31. The van der Waals surface area contributed by atoms with Crippen LogP contribution < -0.4 is 0 Å². The minimum Gasteiger partial charge on any atom is -0.478 e. The second kappa shape index (κ2) is 7.42. The molecule has 0 atom stereocenters. The number of hydrogen-bond acceptors (Lipinski definition) is 4. The number of nitrogens with zero attached hydrogens (tertiary/aromatic N) is 4. The number of pyridine rings is 2. The van der Waals surface area contributed by atoms with E-state index in [1.807, 2.05) is 0 Å². The number of carbonyl (C=O) groups is 1. The molecule has 3 aromatic heterocycles. The molecule has 4 aromatic rings. The predicted molar refractivity (Wildman–Crippen MR) is 103 cm³/mol. The van der Waals surface area contributed by atoms with E-state index in [0.717, 1.165) is 6.07 Å². The number of aromatic carboxylic acids is 1. The van der Waals surface area contributed by atoms with Crippen LogP contribution >= 0.6 is 11.6 Å². The van der Waals surface area contributed by atoms with Gasteiger partial charge in [0.25, 0.3) is 0 Å². The maximum atomic E-state index is 13.5. The van der Waals surface area contributed by atoms with E-state index in [2.05, 4.69) is 15.1 Å². The Balaban J connectivity index is 1.84. The third-order valence-electron chi connectivity index (χ3n) is 4.50. The number of aromatic nitrogens is 4. The Morgan fingerprint density at radius 1 is 1.10 bits per heavy atom. The summed E-state index contributed by atoms with van der Waals surface area (Å²) in [6, 6.07) is 9.77. The first-order chi connectivity index (χ1) is 14.3. The van der Waals surface area contributed by atoms with E-state index in [4.69, 9.17) is 16.7 Å². The highest BCUT2D eigenvalue weighted by atomic mass is 35.5. The van der Waals surface area contributed by atoms with Gasteiger partial charge in [-0.2, -0.15) is 23.0 Å². The second-order valence-electron chi connectivity index (χ2n) is 6.38. The molecule has 0 bridgehead atoms. The topological polar surface area (TPSA) is 80.9 Å². The number of benzene rings is 1. The van der Waals surface area contributed by atoms with Crippen LogP contribution in [0.25, 0.3) is 16.9 Å². The van der Waals surface area contributed by atoms with Crippen LogP contribution in [0.4, 0.5) is 13.2 Å². The summed E-state index contributed by atoms with van der Waals surface area (Å²) in [5.41, 5.74) is -0.208. The molecule has 0 saturated carbocycles. The van der Waals surface area contributed by atoms with Crippen molar-refractivity contribution in [1.29, 1.82) is 0 Å². The molecule has 0 fully saturated rings. The van der Waals surface area contributed by atoms with E-state index in [9.17, 15) is 18.0 Å². The van der Waals surface area contributed by atoms with Gasteiger partial charge in [0.05, 0.1) is 16.8 Å². The fraction of sp³-hybridized carbons (Fsp3) is 0.100. The summed E-state index contributed by atoms with van der Waals surface area (Å²) in [7, 11) is 0. The Labute approximate surface area is 172 Å². The zero-order valence-electron chi connectivity index (χ0n) is 15.1. The molecule has 0 spiro atoms. The molecule has 152 valence electrons. The van der Waals surface area contributed by atoms with E-state index in [0.29, 0.717) is 16.7 Å². The number of carboxylic acids is 1. The summed E-state index contributed by atoms with van der Waals surface area (Å²) in [5.74, 6) is -0.846. The molecule has 6 nitrogen and oxygen atoms in total. The molecule has 3 heterocycles. The van der Waals surface area contributed by atoms with Crippen LogP contribution in [0.3, 0.4) is 0 Å². The fourth-order valence-electron chi connectivity index (χ4n) is 3.11. The quantitative estimate of drug-likeness (QED) is 0.502. The summed E-state index contributed by atoms with van der Waals surface area (Å²) in [4.78, 5) is 19.4. The normalized spacial score (nSPS) is 11.7. The summed E-state index contributed by atoms with van der Waals surface area (Å²) in [6.45, 7) is 0. The van der Waals surface area contributed by atoms with Gasteiger partial charge in [0.2, 0.25) is 0 Å². The van der Waals surface area contributed by atoms with Gasteiger partial charge in [-0.05, 0) is 42.0 Å². The Bertz CT molecular complexity index is 1250. The SMILES string of the molecule is O=C(O)c1ccc(-n2nc(Cc3c(Cl)cccc3C(F)(F)F)c3cccnc32)nc1. The third kappa shape index (κ3) is 3.59. The number of rotatable bonds is 4. The first-order valence-electron chi connectivity index (χ1n) is 8.62. The molecule has 0 saturated heterocycles. The molecule has 30 heavy (non-hydrogen) atoms. The fourth-order valence-corrected chi connectivity index (χ4v) is 3.35. The predicted octanol–water partition coefficient (Wildman–Crippen LogP) is 4.78. The van der Waals surface area contributed by atoms with E-state index in [1.165, 1.54) is 41.3 Å².